The van der Waals surface area contributed by atoms with Gasteiger partial charge in [-0.2, -0.15) is 0 Å². The summed E-state index contributed by atoms with van der Waals surface area (Å²) in [6.07, 6.45) is 3.41. The molecule has 0 saturated carbocycles. The van der Waals surface area contributed by atoms with Crippen molar-refractivity contribution in [1.82, 2.24) is 0 Å². The lowest BCUT2D eigenvalue weighted by atomic mass is 9.99. The lowest BCUT2D eigenvalue weighted by molar-refractivity contribution is -0.140. The molecule has 0 spiro atoms. The van der Waals surface area contributed by atoms with Crippen molar-refractivity contribution in [3.63, 3.8) is 0 Å². The largest absolute Gasteiger partial charge is 0.465 e. The van der Waals surface area contributed by atoms with E-state index in [1.54, 1.807) is 25.1 Å². The average Bonchev–Trinajstić information content (AvgIpc) is 3.00. The highest BCUT2D eigenvalue weighted by Crippen LogP contribution is 2.14. The first-order valence-corrected chi connectivity index (χ1v) is 7.01. The van der Waals surface area contributed by atoms with E-state index in [9.17, 15) is 9.59 Å². The Morgan fingerprint density at radius 3 is 2.68 bits per heavy atom. The smallest absolute Gasteiger partial charge is 0.331 e. The molecule has 1 heterocycles. The number of benzene rings is 1. The van der Waals surface area contributed by atoms with Crippen LogP contribution in [0.5, 0.6) is 0 Å². The minimum Gasteiger partial charge on any atom is -0.465 e. The zero-order valence-corrected chi connectivity index (χ0v) is 12.8. The maximum atomic E-state index is 12.4. The van der Waals surface area contributed by atoms with E-state index in [4.69, 9.17) is 9.15 Å². The lowest BCUT2D eigenvalue weighted by Crippen LogP contribution is -2.24. The zero-order valence-electron chi connectivity index (χ0n) is 12.8. The van der Waals surface area contributed by atoms with E-state index >= 15 is 0 Å². The number of carbonyl (C=O) groups is 2. The summed E-state index contributed by atoms with van der Waals surface area (Å²) in [4.78, 5) is 24.1. The van der Waals surface area contributed by atoms with E-state index in [2.05, 4.69) is 0 Å². The van der Waals surface area contributed by atoms with Crippen LogP contribution in [0.2, 0.25) is 0 Å². The SMILES string of the molecule is Cc1ccc(C)c(C(=O)[C@@H](C)OC(=O)/C=C/c2ccco2)c1. The van der Waals surface area contributed by atoms with Gasteiger partial charge in [-0.1, -0.05) is 17.7 Å². The highest BCUT2D eigenvalue weighted by Gasteiger charge is 2.20. The van der Waals surface area contributed by atoms with Crippen molar-refractivity contribution in [3.8, 4) is 0 Å². The Bertz CT molecular complexity index is 696. The van der Waals surface area contributed by atoms with Gasteiger partial charge < -0.3 is 9.15 Å². The van der Waals surface area contributed by atoms with Crippen molar-refractivity contribution in [3.05, 3.63) is 65.1 Å². The Balaban J connectivity index is 2.02. The van der Waals surface area contributed by atoms with Crippen LogP contribution in [0.1, 0.15) is 34.2 Å². The van der Waals surface area contributed by atoms with Gasteiger partial charge in [-0.25, -0.2) is 4.79 Å². The van der Waals surface area contributed by atoms with Crippen molar-refractivity contribution in [2.45, 2.75) is 26.9 Å². The number of rotatable bonds is 5. The van der Waals surface area contributed by atoms with Gasteiger partial charge in [0.1, 0.15) is 5.76 Å². The zero-order chi connectivity index (χ0) is 16.1. The second-order valence-electron chi connectivity index (χ2n) is 5.11. The van der Waals surface area contributed by atoms with Gasteiger partial charge in [-0.3, -0.25) is 4.79 Å². The summed E-state index contributed by atoms with van der Waals surface area (Å²) in [5.41, 5.74) is 2.44. The number of esters is 1. The molecule has 4 heteroatoms. The number of Topliss-reactive ketones (excluding diaryl/α,β-unsaturated/α-hetero) is 1. The van der Waals surface area contributed by atoms with Crippen LogP contribution < -0.4 is 0 Å². The van der Waals surface area contributed by atoms with Crippen LogP contribution in [-0.4, -0.2) is 17.9 Å². The number of hydrogen-bond acceptors (Lipinski definition) is 4. The van der Waals surface area contributed by atoms with Crippen LogP contribution >= 0.6 is 0 Å². The third kappa shape index (κ3) is 3.95. The molecule has 22 heavy (non-hydrogen) atoms. The number of ether oxygens (including phenoxy) is 1. The van der Waals surface area contributed by atoms with Crippen LogP contribution in [0.15, 0.2) is 47.1 Å². The Morgan fingerprint density at radius 2 is 2.00 bits per heavy atom. The first-order chi connectivity index (χ1) is 10.5. The first kappa shape index (κ1) is 15.8. The monoisotopic (exact) mass is 298 g/mol. The van der Waals surface area contributed by atoms with E-state index in [0.717, 1.165) is 11.1 Å². The van der Waals surface area contributed by atoms with Gasteiger partial charge in [0.25, 0.3) is 0 Å². The molecule has 0 aliphatic heterocycles. The second kappa shape index (κ2) is 6.89. The Morgan fingerprint density at radius 1 is 1.23 bits per heavy atom. The number of ketones is 1. The Kier molecular flexibility index (Phi) is 4.94. The molecular formula is C18H18O4. The van der Waals surface area contributed by atoms with Gasteiger partial charge in [-0.15, -0.1) is 0 Å². The fourth-order valence-corrected chi connectivity index (χ4v) is 2.02. The Labute approximate surface area is 129 Å². The van der Waals surface area contributed by atoms with Gasteiger partial charge in [0.15, 0.2) is 6.10 Å². The van der Waals surface area contributed by atoms with E-state index in [1.165, 1.54) is 18.4 Å². The van der Waals surface area contributed by atoms with Gasteiger partial charge in [0, 0.05) is 11.6 Å². The fourth-order valence-electron chi connectivity index (χ4n) is 2.02. The predicted molar refractivity (Wildman–Crippen MR) is 83.5 cm³/mol. The molecule has 0 amide bonds. The van der Waals surface area contributed by atoms with Crippen molar-refractivity contribution in [2.24, 2.45) is 0 Å². The molecule has 0 radical (unpaired) electrons. The number of carbonyl (C=O) groups excluding carboxylic acids is 2. The molecule has 0 fully saturated rings. The summed E-state index contributed by atoms with van der Waals surface area (Å²) >= 11 is 0. The standard InChI is InChI=1S/C18H18O4/c1-12-6-7-13(2)16(11-12)18(20)14(3)22-17(19)9-8-15-5-4-10-21-15/h4-11,14H,1-3H3/b9-8+/t14-/m1/s1. The van der Waals surface area contributed by atoms with Crippen LogP contribution in [-0.2, 0) is 9.53 Å². The molecule has 4 nitrogen and oxygen atoms in total. The molecule has 2 rings (SSSR count). The first-order valence-electron chi connectivity index (χ1n) is 7.01. The Hall–Kier alpha value is -2.62. The molecule has 0 bridgehead atoms. The maximum Gasteiger partial charge on any atom is 0.331 e. The van der Waals surface area contributed by atoms with E-state index < -0.39 is 12.1 Å². The minimum atomic E-state index is -0.839. The summed E-state index contributed by atoms with van der Waals surface area (Å²) in [5, 5.41) is 0. The van der Waals surface area contributed by atoms with Crippen molar-refractivity contribution in [1.29, 1.82) is 0 Å². The minimum absolute atomic E-state index is 0.207. The molecule has 1 aromatic heterocycles. The molecule has 0 aliphatic carbocycles. The molecule has 1 atom stereocenters. The summed E-state index contributed by atoms with van der Waals surface area (Å²) < 4.78 is 10.2. The van der Waals surface area contributed by atoms with Crippen LogP contribution in [0.4, 0.5) is 0 Å². The molecule has 0 saturated heterocycles. The summed E-state index contributed by atoms with van der Waals surface area (Å²) in [5.74, 6) is -0.242. The van der Waals surface area contributed by atoms with Gasteiger partial charge in [0.05, 0.1) is 6.26 Å². The van der Waals surface area contributed by atoms with Crippen molar-refractivity contribution in [2.75, 3.05) is 0 Å². The fraction of sp³-hybridized carbons (Fsp3) is 0.222. The molecular weight excluding hydrogens is 280 g/mol. The molecule has 0 unspecified atom stereocenters. The van der Waals surface area contributed by atoms with E-state index in [0.29, 0.717) is 11.3 Å². The predicted octanol–water partition coefficient (Wildman–Crippen LogP) is 3.72. The molecule has 2 aromatic rings. The highest BCUT2D eigenvalue weighted by atomic mass is 16.5. The molecule has 1 aromatic carbocycles. The normalized spacial score (nSPS) is 12.3. The van der Waals surface area contributed by atoms with Gasteiger partial charge in [0.2, 0.25) is 5.78 Å². The van der Waals surface area contributed by atoms with Gasteiger partial charge >= 0.3 is 5.97 Å². The quantitative estimate of drug-likeness (QED) is 0.479. The molecule has 114 valence electrons. The maximum absolute atomic E-state index is 12.4. The van der Waals surface area contributed by atoms with Crippen LogP contribution in [0.25, 0.3) is 6.08 Å². The van der Waals surface area contributed by atoms with Crippen LogP contribution in [0, 0.1) is 13.8 Å². The number of aryl methyl sites for hydroxylation is 2. The number of furan rings is 1. The third-order valence-corrected chi connectivity index (χ3v) is 3.25. The van der Waals surface area contributed by atoms with Gasteiger partial charge in [-0.05, 0) is 50.6 Å². The lowest BCUT2D eigenvalue weighted by Gasteiger charge is -2.13. The van der Waals surface area contributed by atoms with Crippen molar-refractivity contribution < 1.29 is 18.7 Å². The molecule has 0 aliphatic rings. The molecule has 0 N–H and O–H groups in total. The third-order valence-electron chi connectivity index (χ3n) is 3.25. The summed E-state index contributed by atoms with van der Waals surface area (Å²) in [7, 11) is 0. The van der Waals surface area contributed by atoms with Crippen molar-refractivity contribution >= 4 is 17.8 Å². The highest BCUT2D eigenvalue weighted by molar-refractivity contribution is 6.02. The van der Waals surface area contributed by atoms with E-state index in [1.807, 2.05) is 26.0 Å². The topological polar surface area (TPSA) is 56.5 Å². The second-order valence-corrected chi connectivity index (χ2v) is 5.11. The average molecular weight is 298 g/mol. The summed E-state index contributed by atoms with van der Waals surface area (Å²) in [6, 6.07) is 9.07. The number of hydrogen-bond donors (Lipinski definition) is 0. The van der Waals surface area contributed by atoms with E-state index in [-0.39, 0.29) is 5.78 Å². The van der Waals surface area contributed by atoms with Crippen LogP contribution in [0.3, 0.4) is 0 Å². The summed E-state index contributed by atoms with van der Waals surface area (Å²) in [6.45, 7) is 5.35.